The van der Waals surface area contributed by atoms with Gasteiger partial charge < -0.3 is 15.2 Å². The SMILES string of the molecule is CC(O)CNC(C)c1ccccc1OC(F)(F)F. The van der Waals surface area contributed by atoms with Gasteiger partial charge in [0.05, 0.1) is 6.10 Å². The van der Waals surface area contributed by atoms with E-state index in [1.807, 2.05) is 0 Å². The molecular formula is C12H16F3NO2. The van der Waals surface area contributed by atoms with E-state index in [2.05, 4.69) is 10.1 Å². The molecule has 2 atom stereocenters. The number of nitrogens with one attached hydrogen (secondary N) is 1. The quantitative estimate of drug-likeness (QED) is 0.858. The summed E-state index contributed by atoms with van der Waals surface area (Å²) in [4.78, 5) is 0. The van der Waals surface area contributed by atoms with Crippen molar-refractivity contribution in [3.05, 3.63) is 29.8 Å². The van der Waals surface area contributed by atoms with E-state index in [1.54, 1.807) is 26.0 Å². The summed E-state index contributed by atoms with van der Waals surface area (Å²) < 4.78 is 40.6. The molecule has 1 aromatic carbocycles. The molecule has 1 aromatic rings. The Kier molecular flexibility index (Phi) is 4.98. The van der Waals surface area contributed by atoms with Gasteiger partial charge in [-0.1, -0.05) is 18.2 Å². The molecule has 2 unspecified atom stereocenters. The molecule has 0 spiro atoms. The van der Waals surface area contributed by atoms with Crippen molar-refractivity contribution < 1.29 is 23.0 Å². The number of hydrogen-bond acceptors (Lipinski definition) is 3. The Morgan fingerprint density at radius 3 is 2.44 bits per heavy atom. The number of benzene rings is 1. The Labute approximate surface area is 104 Å². The lowest BCUT2D eigenvalue weighted by Crippen LogP contribution is -2.28. The maximum absolute atomic E-state index is 12.2. The zero-order valence-corrected chi connectivity index (χ0v) is 10.2. The highest BCUT2D eigenvalue weighted by atomic mass is 19.4. The van der Waals surface area contributed by atoms with Crippen molar-refractivity contribution in [2.24, 2.45) is 0 Å². The van der Waals surface area contributed by atoms with E-state index in [1.165, 1.54) is 12.1 Å². The zero-order chi connectivity index (χ0) is 13.8. The van der Waals surface area contributed by atoms with E-state index in [-0.39, 0.29) is 11.8 Å². The van der Waals surface area contributed by atoms with Gasteiger partial charge in [-0.2, -0.15) is 0 Å². The summed E-state index contributed by atoms with van der Waals surface area (Å²) in [7, 11) is 0. The molecule has 0 fully saturated rings. The minimum absolute atomic E-state index is 0.226. The van der Waals surface area contributed by atoms with Gasteiger partial charge in [0.2, 0.25) is 0 Å². The molecule has 18 heavy (non-hydrogen) atoms. The summed E-state index contributed by atoms with van der Waals surface area (Å²) in [6.07, 6.45) is -5.27. The molecule has 0 amide bonds. The number of ether oxygens (including phenoxy) is 1. The number of hydrogen-bond donors (Lipinski definition) is 2. The summed E-state index contributed by atoms with van der Waals surface area (Å²) in [6.45, 7) is 3.60. The fourth-order valence-corrected chi connectivity index (χ4v) is 1.51. The topological polar surface area (TPSA) is 41.5 Å². The molecule has 0 bridgehead atoms. The number of rotatable bonds is 5. The molecule has 1 rings (SSSR count). The largest absolute Gasteiger partial charge is 0.573 e. The van der Waals surface area contributed by atoms with Gasteiger partial charge in [0, 0.05) is 18.2 Å². The van der Waals surface area contributed by atoms with Gasteiger partial charge >= 0.3 is 6.36 Å². The average Bonchev–Trinajstić information content (AvgIpc) is 2.24. The molecule has 0 aliphatic heterocycles. The smallest absolute Gasteiger partial charge is 0.405 e. The lowest BCUT2D eigenvalue weighted by molar-refractivity contribution is -0.275. The standard InChI is InChI=1S/C12H16F3NO2/c1-8(17)7-16-9(2)10-5-3-4-6-11(10)18-12(13,14)15/h3-6,8-9,16-17H,7H2,1-2H3. The molecular weight excluding hydrogens is 247 g/mol. The first-order valence-electron chi connectivity index (χ1n) is 5.55. The van der Waals surface area contributed by atoms with Gasteiger partial charge in [-0.3, -0.25) is 0 Å². The first-order valence-corrected chi connectivity index (χ1v) is 5.55. The van der Waals surface area contributed by atoms with Crippen molar-refractivity contribution in [2.45, 2.75) is 32.4 Å². The van der Waals surface area contributed by atoms with Gasteiger partial charge in [0.1, 0.15) is 5.75 Å². The molecule has 0 saturated carbocycles. The Bertz CT molecular complexity index is 380. The van der Waals surface area contributed by atoms with Crippen LogP contribution in [-0.4, -0.2) is 24.1 Å². The van der Waals surface area contributed by atoms with Crippen LogP contribution in [0.5, 0.6) is 5.75 Å². The highest BCUT2D eigenvalue weighted by Crippen LogP contribution is 2.29. The summed E-state index contributed by atoms with van der Waals surface area (Å²) in [6, 6.07) is 5.59. The molecule has 2 N–H and O–H groups in total. The predicted octanol–water partition coefficient (Wildman–Crippen LogP) is 2.62. The lowest BCUT2D eigenvalue weighted by atomic mass is 10.1. The van der Waals surface area contributed by atoms with Gasteiger partial charge in [-0.05, 0) is 19.9 Å². The average molecular weight is 263 g/mol. The number of aliphatic hydroxyl groups excluding tert-OH is 1. The fraction of sp³-hybridized carbons (Fsp3) is 0.500. The molecule has 0 aliphatic carbocycles. The number of alkyl halides is 3. The lowest BCUT2D eigenvalue weighted by Gasteiger charge is -2.19. The van der Waals surface area contributed by atoms with Gasteiger partial charge in [0.15, 0.2) is 0 Å². The minimum Gasteiger partial charge on any atom is -0.405 e. The monoisotopic (exact) mass is 263 g/mol. The van der Waals surface area contributed by atoms with Crippen LogP contribution < -0.4 is 10.1 Å². The maximum Gasteiger partial charge on any atom is 0.573 e. The molecule has 6 heteroatoms. The Balaban J connectivity index is 2.81. The summed E-state index contributed by atoms with van der Waals surface area (Å²) >= 11 is 0. The second-order valence-electron chi connectivity index (χ2n) is 4.06. The summed E-state index contributed by atoms with van der Waals surface area (Å²) in [5.74, 6) is -0.226. The number of para-hydroxylation sites is 1. The van der Waals surface area contributed by atoms with E-state index in [0.29, 0.717) is 12.1 Å². The van der Waals surface area contributed by atoms with Crippen LogP contribution in [0.15, 0.2) is 24.3 Å². The highest BCUT2D eigenvalue weighted by molar-refractivity contribution is 5.35. The van der Waals surface area contributed by atoms with Crippen LogP contribution in [-0.2, 0) is 0 Å². The third kappa shape index (κ3) is 4.93. The van der Waals surface area contributed by atoms with Crippen LogP contribution in [0.25, 0.3) is 0 Å². The van der Waals surface area contributed by atoms with E-state index in [4.69, 9.17) is 5.11 Å². The first kappa shape index (κ1) is 14.8. The van der Waals surface area contributed by atoms with Crippen LogP contribution in [0.3, 0.4) is 0 Å². The van der Waals surface area contributed by atoms with Crippen LogP contribution >= 0.6 is 0 Å². The molecule has 0 saturated heterocycles. The van der Waals surface area contributed by atoms with Crippen LogP contribution in [0, 0.1) is 0 Å². The highest BCUT2D eigenvalue weighted by Gasteiger charge is 2.32. The number of halogens is 3. The van der Waals surface area contributed by atoms with E-state index in [0.717, 1.165) is 0 Å². The van der Waals surface area contributed by atoms with Gasteiger partial charge in [-0.15, -0.1) is 13.2 Å². The molecule has 0 heterocycles. The maximum atomic E-state index is 12.2. The number of aliphatic hydroxyl groups is 1. The minimum atomic E-state index is -4.71. The second-order valence-corrected chi connectivity index (χ2v) is 4.06. The molecule has 102 valence electrons. The molecule has 0 aromatic heterocycles. The summed E-state index contributed by atoms with van der Waals surface area (Å²) in [5, 5.41) is 12.1. The predicted molar refractivity (Wildman–Crippen MR) is 61.2 cm³/mol. The van der Waals surface area contributed by atoms with E-state index < -0.39 is 12.5 Å². The van der Waals surface area contributed by atoms with E-state index >= 15 is 0 Å². The Hall–Kier alpha value is -1.27. The van der Waals surface area contributed by atoms with Gasteiger partial charge in [0.25, 0.3) is 0 Å². The van der Waals surface area contributed by atoms with E-state index in [9.17, 15) is 13.2 Å². The normalized spacial score (nSPS) is 15.2. The van der Waals surface area contributed by atoms with Crippen molar-refractivity contribution in [3.8, 4) is 5.75 Å². The Morgan fingerprint density at radius 1 is 1.28 bits per heavy atom. The van der Waals surface area contributed by atoms with Crippen LogP contribution in [0.4, 0.5) is 13.2 Å². The van der Waals surface area contributed by atoms with Crippen molar-refractivity contribution >= 4 is 0 Å². The second kappa shape index (κ2) is 6.06. The van der Waals surface area contributed by atoms with Gasteiger partial charge in [-0.25, -0.2) is 0 Å². The molecule has 3 nitrogen and oxygen atoms in total. The zero-order valence-electron chi connectivity index (χ0n) is 10.2. The fourth-order valence-electron chi connectivity index (χ4n) is 1.51. The van der Waals surface area contributed by atoms with Crippen molar-refractivity contribution in [2.75, 3.05) is 6.54 Å². The Morgan fingerprint density at radius 2 is 1.89 bits per heavy atom. The third-order valence-electron chi connectivity index (χ3n) is 2.33. The molecule has 0 aliphatic rings. The molecule has 0 radical (unpaired) electrons. The van der Waals surface area contributed by atoms with Crippen LogP contribution in [0.1, 0.15) is 25.5 Å². The van der Waals surface area contributed by atoms with Crippen molar-refractivity contribution in [1.29, 1.82) is 0 Å². The van der Waals surface area contributed by atoms with Crippen molar-refractivity contribution in [1.82, 2.24) is 5.32 Å². The van der Waals surface area contributed by atoms with Crippen molar-refractivity contribution in [3.63, 3.8) is 0 Å². The third-order valence-corrected chi connectivity index (χ3v) is 2.33. The van der Waals surface area contributed by atoms with Crippen LogP contribution in [0.2, 0.25) is 0 Å². The summed E-state index contributed by atoms with van der Waals surface area (Å²) in [5.41, 5.74) is 0.399. The first-order chi connectivity index (χ1) is 8.29.